The Morgan fingerprint density at radius 2 is 1.75 bits per heavy atom. The molecular formula is C16H17N3O. The molecule has 4 heteroatoms. The van der Waals surface area contributed by atoms with Gasteiger partial charge in [-0.3, -0.25) is 4.79 Å². The first-order valence-electron chi connectivity index (χ1n) is 6.34. The summed E-state index contributed by atoms with van der Waals surface area (Å²) in [4.78, 5) is 12.0. The molecule has 1 amide bonds. The van der Waals surface area contributed by atoms with Gasteiger partial charge in [-0.15, -0.1) is 0 Å². The number of benzene rings is 2. The van der Waals surface area contributed by atoms with E-state index in [-0.39, 0.29) is 5.91 Å². The second-order valence-electron chi connectivity index (χ2n) is 4.58. The smallest absolute Gasteiger partial charge is 0.271 e. The minimum Gasteiger partial charge on any atom is -0.399 e. The van der Waals surface area contributed by atoms with Crippen LogP contribution in [0.5, 0.6) is 0 Å². The molecule has 0 atom stereocenters. The zero-order valence-electron chi connectivity index (χ0n) is 11.6. The van der Waals surface area contributed by atoms with Crippen molar-refractivity contribution in [3.63, 3.8) is 0 Å². The number of nitrogens with zero attached hydrogens (tertiary/aromatic N) is 1. The molecule has 0 aliphatic heterocycles. The SMILES string of the molecule is CC(=NNC(=O)c1ccccc1C)c1ccc(N)cc1. The standard InChI is InChI=1S/C16H17N3O/c1-11-5-3-4-6-15(11)16(20)19-18-12(2)13-7-9-14(17)10-8-13/h3-10H,17H2,1-2H3,(H,19,20). The maximum Gasteiger partial charge on any atom is 0.271 e. The first kappa shape index (κ1) is 13.8. The molecule has 0 saturated heterocycles. The number of hydrogen-bond donors (Lipinski definition) is 2. The van der Waals surface area contributed by atoms with E-state index in [0.717, 1.165) is 16.8 Å². The summed E-state index contributed by atoms with van der Waals surface area (Å²) in [6.45, 7) is 3.73. The second kappa shape index (κ2) is 6.02. The van der Waals surface area contributed by atoms with E-state index in [1.54, 1.807) is 18.2 Å². The Balaban J connectivity index is 2.11. The van der Waals surface area contributed by atoms with Crippen molar-refractivity contribution in [3.8, 4) is 0 Å². The highest BCUT2D eigenvalue weighted by molar-refractivity contribution is 6.01. The van der Waals surface area contributed by atoms with Crippen molar-refractivity contribution >= 4 is 17.3 Å². The molecule has 0 saturated carbocycles. The fourth-order valence-electron chi connectivity index (χ4n) is 1.81. The number of nitrogen functional groups attached to an aromatic ring is 1. The number of nitrogens with two attached hydrogens (primary N) is 1. The van der Waals surface area contributed by atoms with E-state index in [0.29, 0.717) is 11.3 Å². The highest BCUT2D eigenvalue weighted by Crippen LogP contribution is 2.08. The number of rotatable bonds is 3. The predicted molar refractivity (Wildman–Crippen MR) is 81.7 cm³/mol. The summed E-state index contributed by atoms with van der Waals surface area (Å²) in [5, 5.41) is 4.12. The third-order valence-corrected chi connectivity index (χ3v) is 3.04. The molecule has 0 fully saturated rings. The summed E-state index contributed by atoms with van der Waals surface area (Å²) in [5.41, 5.74) is 12.1. The predicted octanol–water partition coefficient (Wildman–Crippen LogP) is 2.73. The topological polar surface area (TPSA) is 67.5 Å². The van der Waals surface area contributed by atoms with Gasteiger partial charge in [-0.1, -0.05) is 30.3 Å². The molecule has 102 valence electrons. The Hall–Kier alpha value is -2.62. The van der Waals surface area contributed by atoms with Crippen molar-refractivity contribution in [2.75, 3.05) is 5.73 Å². The molecule has 2 aromatic carbocycles. The fourth-order valence-corrected chi connectivity index (χ4v) is 1.81. The third kappa shape index (κ3) is 3.23. The molecule has 4 nitrogen and oxygen atoms in total. The molecule has 0 aliphatic rings. The lowest BCUT2D eigenvalue weighted by Crippen LogP contribution is -2.20. The molecule has 0 bridgehead atoms. The van der Waals surface area contributed by atoms with Crippen LogP contribution in [0.4, 0.5) is 5.69 Å². The van der Waals surface area contributed by atoms with Crippen molar-refractivity contribution in [2.24, 2.45) is 5.10 Å². The Bertz CT molecular complexity index is 645. The summed E-state index contributed by atoms with van der Waals surface area (Å²) in [6, 6.07) is 14.7. The van der Waals surface area contributed by atoms with Crippen LogP contribution in [0.15, 0.2) is 53.6 Å². The summed E-state index contributed by atoms with van der Waals surface area (Å²) in [6.07, 6.45) is 0. The first-order chi connectivity index (χ1) is 9.58. The average molecular weight is 267 g/mol. The quantitative estimate of drug-likeness (QED) is 0.510. The van der Waals surface area contributed by atoms with E-state index in [4.69, 9.17) is 5.73 Å². The number of nitrogens with one attached hydrogen (secondary N) is 1. The lowest BCUT2D eigenvalue weighted by molar-refractivity contribution is 0.0954. The van der Waals surface area contributed by atoms with Gasteiger partial charge in [-0.05, 0) is 43.2 Å². The molecule has 0 spiro atoms. The van der Waals surface area contributed by atoms with Crippen molar-refractivity contribution < 1.29 is 4.79 Å². The van der Waals surface area contributed by atoms with E-state index >= 15 is 0 Å². The Kier molecular flexibility index (Phi) is 4.15. The number of anilines is 1. The summed E-state index contributed by atoms with van der Waals surface area (Å²) < 4.78 is 0. The van der Waals surface area contributed by atoms with E-state index in [2.05, 4.69) is 10.5 Å². The van der Waals surface area contributed by atoms with Gasteiger partial charge < -0.3 is 5.73 Å². The molecule has 2 aromatic rings. The molecule has 0 heterocycles. The van der Waals surface area contributed by atoms with Crippen molar-refractivity contribution in [2.45, 2.75) is 13.8 Å². The number of amides is 1. The Morgan fingerprint density at radius 1 is 1.10 bits per heavy atom. The zero-order chi connectivity index (χ0) is 14.5. The van der Waals surface area contributed by atoms with Crippen LogP contribution >= 0.6 is 0 Å². The van der Waals surface area contributed by atoms with Crippen LogP contribution in [0, 0.1) is 6.92 Å². The van der Waals surface area contributed by atoms with Gasteiger partial charge in [0.1, 0.15) is 0 Å². The van der Waals surface area contributed by atoms with Crippen LogP contribution in [0.2, 0.25) is 0 Å². The number of carbonyl (C=O) groups excluding carboxylic acids is 1. The second-order valence-corrected chi connectivity index (χ2v) is 4.58. The monoisotopic (exact) mass is 267 g/mol. The highest BCUT2D eigenvalue weighted by atomic mass is 16.2. The van der Waals surface area contributed by atoms with Crippen LogP contribution in [-0.2, 0) is 0 Å². The lowest BCUT2D eigenvalue weighted by Gasteiger charge is -2.05. The molecule has 0 aromatic heterocycles. The van der Waals surface area contributed by atoms with E-state index < -0.39 is 0 Å². The molecular weight excluding hydrogens is 250 g/mol. The average Bonchev–Trinajstić information content (AvgIpc) is 2.45. The molecule has 20 heavy (non-hydrogen) atoms. The third-order valence-electron chi connectivity index (χ3n) is 3.04. The largest absolute Gasteiger partial charge is 0.399 e. The van der Waals surface area contributed by atoms with Gasteiger partial charge in [0.2, 0.25) is 0 Å². The molecule has 0 radical (unpaired) electrons. The van der Waals surface area contributed by atoms with Crippen LogP contribution in [-0.4, -0.2) is 11.6 Å². The maximum atomic E-state index is 12.0. The number of hydrazone groups is 1. The Labute approximate surface area is 118 Å². The van der Waals surface area contributed by atoms with Gasteiger partial charge in [0.05, 0.1) is 5.71 Å². The van der Waals surface area contributed by atoms with Crippen LogP contribution in [0.1, 0.15) is 28.4 Å². The minimum atomic E-state index is -0.210. The minimum absolute atomic E-state index is 0.210. The van der Waals surface area contributed by atoms with E-state index in [1.807, 2.05) is 44.2 Å². The molecule has 3 N–H and O–H groups in total. The van der Waals surface area contributed by atoms with Gasteiger partial charge in [-0.25, -0.2) is 5.43 Å². The number of carbonyl (C=O) groups is 1. The van der Waals surface area contributed by atoms with Gasteiger partial charge >= 0.3 is 0 Å². The summed E-state index contributed by atoms with van der Waals surface area (Å²) >= 11 is 0. The molecule has 2 rings (SSSR count). The van der Waals surface area contributed by atoms with Gasteiger partial charge in [-0.2, -0.15) is 5.10 Å². The summed E-state index contributed by atoms with van der Waals surface area (Å²) in [5.74, 6) is -0.210. The van der Waals surface area contributed by atoms with Crippen LogP contribution < -0.4 is 11.2 Å². The normalized spacial score (nSPS) is 11.2. The van der Waals surface area contributed by atoms with E-state index in [1.165, 1.54) is 0 Å². The highest BCUT2D eigenvalue weighted by Gasteiger charge is 2.07. The van der Waals surface area contributed by atoms with Gasteiger partial charge in [0.25, 0.3) is 5.91 Å². The van der Waals surface area contributed by atoms with Crippen molar-refractivity contribution in [1.82, 2.24) is 5.43 Å². The fraction of sp³-hybridized carbons (Fsp3) is 0.125. The molecule has 0 unspecified atom stereocenters. The lowest BCUT2D eigenvalue weighted by atomic mass is 10.1. The van der Waals surface area contributed by atoms with Crippen molar-refractivity contribution in [3.05, 3.63) is 65.2 Å². The summed E-state index contributed by atoms with van der Waals surface area (Å²) in [7, 11) is 0. The maximum absolute atomic E-state index is 12.0. The number of hydrogen-bond acceptors (Lipinski definition) is 3. The first-order valence-corrected chi connectivity index (χ1v) is 6.34. The zero-order valence-corrected chi connectivity index (χ0v) is 11.6. The van der Waals surface area contributed by atoms with Crippen LogP contribution in [0.3, 0.4) is 0 Å². The van der Waals surface area contributed by atoms with Crippen LogP contribution in [0.25, 0.3) is 0 Å². The van der Waals surface area contributed by atoms with Gasteiger partial charge in [0, 0.05) is 11.3 Å². The van der Waals surface area contributed by atoms with E-state index in [9.17, 15) is 4.79 Å². The van der Waals surface area contributed by atoms with Crippen molar-refractivity contribution in [1.29, 1.82) is 0 Å². The Morgan fingerprint density at radius 3 is 2.40 bits per heavy atom. The van der Waals surface area contributed by atoms with Gasteiger partial charge in [0.15, 0.2) is 0 Å². The number of aryl methyl sites for hydroxylation is 1. The molecule has 0 aliphatic carbocycles.